The number of rotatable bonds is 4. The molecule has 22 heavy (non-hydrogen) atoms. The van der Waals surface area contributed by atoms with Gasteiger partial charge in [0.1, 0.15) is 6.61 Å². The second-order valence-corrected chi connectivity index (χ2v) is 6.07. The Kier molecular flexibility index (Phi) is 4.66. The molecule has 118 valence electrons. The zero-order valence-corrected chi connectivity index (χ0v) is 13.4. The molecular weight excluding hydrogens is 302 g/mol. The summed E-state index contributed by atoms with van der Waals surface area (Å²) >= 11 is 6.11. The molecule has 0 saturated carbocycles. The van der Waals surface area contributed by atoms with Gasteiger partial charge in [-0.2, -0.15) is 0 Å². The Morgan fingerprint density at radius 1 is 1.23 bits per heavy atom. The van der Waals surface area contributed by atoms with Gasteiger partial charge in [-0.25, -0.2) is 0 Å². The third-order valence-corrected chi connectivity index (χ3v) is 4.27. The summed E-state index contributed by atoms with van der Waals surface area (Å²) in [5, 5.41) is 13.8. The summed E-state index contributed by atoms with van der Waals surface area (Å²) in [6.07, 6.45) is 0. The van der Waals surface area contributed by atoms with E-state index in [0.29, 0.717) is 5.76 Å². The van der Waals surface area contributed by atoms with E-state index in [0.717, 1.165) is 43.4 Å². The van der Waals surface area contributed by atoms with Gasteiger partial charge in [0.15, 0.2) is 5.76 Å². The van der Waals surface area contributed by atoms with Gasteiger partial charge >= 0.3 is 0 Å². The smallest absolute Gasteiger partial charge is 0.162 e. The maximum Gasteiger partial charge on any atom is 0.162 e. The Balaban J connectivity index is 1.59. The summed E-state index contributed by atoms with van der Waals surface area (Å²) in [5.74, 6) is 0.517. The predicted molar refractivity (Wildman–Crippen MR) is 86.1 cm³/mol. The number of aromatic nitrogens is 1. The molecule has 1 aromatic heterocycles. The molecule has 0 aliphatic carbocycles. The average Bonchev–Trinajstić information content (AvgIpc) is 2.98. The van der Waals surface area contributed by atoms with Crippen molar-refractivity contribution >= 4 is 17.3 Å². The van der Waals surface area contributed by atoms with Crippen LogP contribution in [0.3, 0.4) is 0 Å². The van der Waals surface area contributed by atoms with Crippen molar-refractivity contribution in [3.8, 4) is 0 Å². The minimum absolute atomic E-state index is 0.102. The number of aliphatic hydroxyl groups is 1. The van der Waals surface area contributed by atoms with E-state index in [1.807, 2.05) is 18.2 Å². The summed E-state index contributed by atoms with van der Waals surface area (Å²) < 4.78 is 5.02. The third-order valence-electron chi connectivity index (χ3n) is 4.03. The lowest BCUT2D eigenvalue weighted by atomic mass is 10.1. The van der Waals surface area contributed by atoms with Crippen LogP contribution in [0, 0.1) is 6.92 Å². The first-order valence-corrected chi connectivity index (χ1v) is 7.82. The molecule has 3 rings (SSSR count). The maximum absolute atomic E-state index is 9.00. The number of nitrogens with zero attached hydrogens (tertiary/aromatic N) is 3. The molecule has 1 aliphatic rings. The monoisotopic (exact) mass is 321 g/mol. The van der Waals surface area contributed by atoms with Crippen LogP contribution in [0.1, 0.15) is 17.0 Å². The van der Waals surface area contributed by atoms with Crippen LogP contribution in [0.15, 0.2) is 28.8 Å². The molecule has 0 radical (unpaired) electrons. The highest BCUT2D eigenvalue weighted by molar-refractivity contribution is 6.30. The van der Waals surface area contributed by atoms with E-state index in [1.54, 1.807) is 0 Å². The number of aliphatic hydroxyl groups excluding tert-OH is 1. The van der Waals surface area contributed by atoms with Gasteiger partial charge in [-0.3, -0.25) is 4.90 Å². The Hall–Kier alpha value is -1.56. The predicted octanol–water partition coefficient (Wildman–Crippen LogP) is 2.45. The van der Waals surface area contributed by atoms with Crippen molar-refractivity contribution in [2.24, 2.45) is 0 Å². The van der Waals surface area contributed by atoms with Gasteiger partial charge in [0, 0.05) is 49.5 Å². The fourth-order valence-electron chi connectivity index (χ4n) is 2.80. The van der Waals surface area contributed by atoms with Gasteiger partial charge in [0.2, 0.25) is 0 Å². The molecular formula is C16H20ClN3O2. The number of aryl methyl sites for hydroxylation is 1. The standard InChI is InChI=1S/C16H20ClN3O2/c1-12-2-3-13(17)8-16(12)20-6-4-19(5-7-20)10-14-9-15(11-21)22-18-14/h2-3,8-9,21H,4-7,10-11H2,1H3. The molecule has 0 amide bonds. The Bertz CT molecular complexity index is 636. The van der Waals surface area contributed by atoms with Crippen LogP contribution in [0.2, 0.25) is 5.02 Å². The molecule has 1 aromatic carbocycles. The number of hydrogen-bond acceptors (Lipinski definition) is 5. The lowest BCUT2D eigenvalue weighted by Gasteiger charge is -2.36. The lowest BCUT2D eigenvalue weighted by Crippen LogP contribution is -2.46. The normalized spacial score (nSPS) is 16.2. The highest BCUT2D eigenvalue weighted by Gasteiger charge is 2.19. The quantitative estimate of drug-likeness (QED) is 0.937. The lowest BCUT2D eigenvalue weighted by molar-refractivity contribution is 0.222. The van der Waals surface area contributed by atoms with Crippen LogP contribution in [-0.4, -0.2) is 41.3 Å². The number of hydrogen-bond donors (Lipinski definition) is 1. The van der Waals surface area contributed by atoms with Crippen molar-refractivity contribution < 1.29 is 9.63 Å². The number of benzene rings is 1. The first-order valence-electron chi connectivity index (χ1n) is 7.44. The minimum atomic E-state index is -0.102. The van der Waals surface area contributed by atoms with E-state index >= 15 is 0 Å². The van der Waals surface area contributed by atoms with Crippen molar-refractivity contribution in [1.82, 2.24) is 10.1 Å². The molecule has 0 bridgehead atoms. The summed E-state index contributed by atoms with van der Waals surface area (Å²) in [6, 6.07) is 7.85. The molecule has 0 unspecified atom stereocenters. The van der Waals surface area contributed by atoms with Crippen molar-refractivity contribution in [2.75, 3.05) is 31.1 Å². The summed E-state index contributed by atoms with van der Waals surface area (Å²) in [6.45, 7) is 6.63. The zero-order valence-electron chi connectivity index (χ0n) is 12.6. The van der Waals surface area contributed by atoms with E-state index < -0.39 is 0 Å². The van der Waals surface area contributed by atoms with Crippen LogP contribution in [-0.2, 0) is 13.2 Å². The minimum Gasteiger partial charge on any atom is -0.388 e. The van der Waals surface area contributed by atoms with Gasteiger partial charge in [-0.1, -0.05) is 22.8 Å². The summed E-state index contributed by atoms with van der Waals surface area (Å²) in [5.41, 5.74) is 3.34. The van der Waals surface area contributed by atoms with Gasteiger partial charge in [-0.15, -0.1) is 0 Å². The van der Waals surface area contributed by atoms with Crippen molar-refractivity contribution in [3.05, 3.63) is 46.3 Å². The topological polar surface area (TPSA) is 52.7 Å². The van der Waals surface area contributed by atoms with Crippen LogP contribution >= 0.6 is 11.6 Å². The molecule has 1 saturated heterocycles. The van der Waals surface area contributed by atoms with E-state index in [1.165, 1.54) is 11.3 Å². The van der Waals surface area contributed by atoms with E-state index in [2.05, 4.69) is 27.9 Å². The van der Waals surface area contributed by atoms with Gasteiger partial charge in [-0.05, 0) is 24.6 Å². The highest BCUT2D eigenvalue weighted by atomic mass is 35.5. The molecule has 1 fully saturated rings. The average molecular weight is 322 g/mol. The first kappa shape index (κ1) is 15.3. The SMILES string of the molecule is Cc1ccc(Cl)cc1N1CCN(Cc2cc(CO)on2)CC1. The van der Waals surface area contributed by atoms with Crippen LogP contribution in [0.4, 0.5) is 5.69 Å². The van der Waals surface area contributed by atoms with Gasteiger partial charge in [0.05, 0.1) is 5.69 Å². The Labute approximate surface area is 135 Å². The van der Waals surface area contributed by atoms with Gasteiger partial charge in [0.25, 0.3) is 0 Å². The van der Waals surface area contributed by atoms with Crippen LogP contribution in [0.25, 0.3) is 0 Å². The third kappa shape index (κ3) is 3.43. The summed E-state index contributed by atoms with van der Waals surface area (Å²) in [7, 11) is 0. The second kappa shape index (κ2) is 6.69. The Morgan fingerprint density at radius 3 is 2.68 bits per heavy atom. The molecule has 2 heterocycles. The molecule has 2 aromatic rings. The fraction of sp³-hybridized carbons (Fsp3) is 0.438. The molecule has 0 atom stereocenters. The Morgan fingerprint density at radius 2 is 2.00 bits per heavy atom. The summed E-state index contributed by atoms with van der Waals surface area (Å²) in [4.78, 5) is 4.72. The van der Waals surface area contributed by atoms with Crippen molar-refractivity contribution in [3.63, 3.8) is 0 Å². The number of halogens is 1. The molecule has 1 aliphatic heterocycles. The zero-order chi connectivity index (χ0) is 15.5. The van der Waals surface area contributed by atoms with E-state index in [-0.39, 0.29) is 6.61 Å². The number of piperazine rings is 1. The molecule has 1 N–H and O–H groups in total. The molecule has 6 heteroatoms. The highest BCUT2D eigenvalue weighted by Crippen LogP contribution is 2.25. The first-order chi connectivity index (χ1) is 10.7. The molecule has 0 spiro atoms. The largest absolute Gasteiger partial charge is 0.388 e. The fourth-order valence-corrected chi connectivity index (χ4v) is 2.97. The van der Waals surface area contributed by atoms with E-state index in [4.69, 9.17) is 21.2 Å². The van der Waals surface area contributed by atoms with Crippen molar-refractivity contribution in [1.29, 1.82) is 0 Å². The molecule has 5 nitrogen and oxygen atoms in total. The second-order valence-electron chi connectivity index (χ2n) is 5.64. The van der Waals surface area contributed by atoms with Crippen LogP contribution < -0.4 is 4.90 Å². The van der Waals surface area contributed by atoms with Gasteiger partial charge < -0.3 is 14.5 Å². The maximum atomic E-state index is 9.00. The number of anilines is 1. The van der Waals surface area contributed by atoms with Crippen LogP contribution in [0.5, 0.6) is 0 Å². The van der Waals surface area contributed by atoms with Crippen molar-refractivity contribution in [2.45, 2.75) is 20.1 Å². The van der Waals surface area contributed by atoms with E-state index in [9.17, 15) is 0 Å².